The van der Waals surface area contributed by atoms with E-state index in [1.54, 1.807) is 48.3 Å². The van der Waals surface area contributed by atoms with Crippen LogP contribution in [0.15, 0.2) is 53.9 Å². The van der Waals surface area contributed by atoms with Gasteiger partial charge in [0.1, 0.15) is 10.8 Å². The number of carbonyl (C=O) groups is 2. The number of nitrogens with zero attached hydrogens (tertiary/aromatic N) is 2. The van der Waals surface area contributed by atoms with Crippen LogP contribution in [-0.4, -0.2) is 47.4 Å². The third-order valence-electron chi connectivity index (χ3n) is 6.22. The van der Waals surface area contributed by atoms with Crippen LogP contribution >= 0.6 is 11.3 Å². The molecule has 1 saturated heterocycles. The molecule has 1 aliphatic heterocycles. The van der Waals surface area contributed by atoms with Crippen molar-refractivity contribution >= 4 is 23.2 Å². The van der Waals surface area contributed by atoms with E-state index in [2.05, 4.69) is 15.6 Å². The molecule has 184 valence electrons. The van der Waals surface area contributed by atoms with E-state index >= 15 is 0 Å². The summed E-state index contributed by atoms with van der Waals surface area (Å²) < 4.78 is 13.4. The fourth-order valence-corrected chi connectivity index (χ4v) is 5.26. The summed E-state index contributed by atoms with van der Waals surface area (Å²) in [5.74, 6) is -0.656. The fourth-order valence-electron chi connectivity index (χ4n) is 4.43. The lowest BCUT2D eigenvalue weighted by molar-refractivity contribution is 0.0785. The van der Waals surface area contributed by atoms with Crippen molar-refractivity contribution in [1.82, 2.24) is 20.5 Å². The monoisotopic (exact) mass is 494 g/mol. The number of thiazole rings is 1. The second-order valence-electron chi connectivity index (χ2n) is 9.15. The molecular formula is C27H31FN4O2S. The zero-order valence-corrected chi connectivity index (χ0v) is 20.9. The predicted octanol–water partition coefficient (Wildman–Crippen LogP) is 4.35. The Balaban J connectivity index is 1.44. The Labute approximate surface area is 209 Å². The molecule has 8 heteroatoms. The zero-order valence-electron chi connectivity index (χ0n) is 20.1. The molecule has 1 fully saturated rings. The molecule has 0 aliphatic carbocycles. The average molecular weight is 495 g/mol. The molecule has 2 heterocycles. The lowest BCUT2D eigenvalue weighted by Gasteiger charge is -2.23. The van der Waals surface area contributed by atoms with Gasteiger partial charge in [-0.2, -0.15) is 0 Å². The number of hydrogen-bond acceptors (Lipinski definition) is 5. The fraction of sp³-hybridized carbons (Fsp3) is 0.370. The van der Waals surface area contributed by atoms with Crippen LogP contribution in [0.2, 0.25) is 0 Å². The molecule has 4 rings (SSSR count). The highest BCUT2D eigenvalue weighted by molar-refractivity contribution is 7.09. The summed E-state index contributed by atoms with van der Waals surface area (Å²) in [7, 11) is 1.74. The van der Waals surface area contributed by atoms with Crippen LogP contribution in [0.4, 0.5) is 4.39 Å². The molecule has 2 aromatic carbocycles. The van der Waals surface area contributed by atoms with Crippen LogP contribution in [0.5, 0.6) is 0 Å². The first-order valence-corrected chi connectivity index (χ1v) is 12.8. The number of carbonyl (C=O) groups excluding carboxylic acids is 2. The first kappa shape index (κ1) is 25.0. The maximum atomic E-state index is 13.4. The lowest BCUT2D eigenvalue weighted by Crippen LogP contribution is -2.41. The average Bonchev–Trinajstić information content (AvgIpc) is 3.51. The van der Waals surface area contributed by atoms with Crippen LogP contribution in [0, 0.1) is 12.7 Å². The Kier molecular flexibility index (Phi) is 8.25. The van der Waals surface area contributed by atoms with Gasteiger partial charge in [0.05, 0.1) is 6.54 Å². The third-order valence-corrected chi connectivity index (χ3v) is 7.17. The molecule has 1 aliphatic rings. The van der Waals surface area contributed by atoms with Crippen molar-refractivity contribution in [3.05, 3.63) is 87.1 Å². The summed E-state index contributed by atoms with van der Waals surface area (Å²) in [5, 5.41) is 9.47. The maximum absolute atomic E-state index is 13.4. The van der Waals surface area contributed by atoms with Crippen molar-refractivity contribution in [3.63, 3.8) is 0 Å². The molecule has 35 heavy (non-hydrogen) atoms. The minimum atomic E-state index is -0.275. The second-order valence-corrected chi connectivity index (χ2v) is 10.1. The lowest BCUT2D eigenvalue weighted by atomic mass is 9.98. The van der Waals surface area contributed by atoms with Gasteiger partial charge in [0.15, 0.2) is 0 Å². The summed E-state index contributed by atoms with van der Waals surface area (Å²) in [6.45, 7) is 3.33. The van der Waals surface area contributed by atoms with Crippen molar-refractivity contribution in [3.8, 4) is 0 Å². The van der Waals surface area contributed by atoms with E-state index in [9.17, 15) is 14.0 Å². The van der Waals surface area contributed by atoms with E-state index < -0.39 is 0 Å². The van der Waals surface area contributed by atoms with E-state index in [0.29, 0.717) is 30.1 Å². The Hall–Kier alpha value is -3.10. The topological polar surface area (TPSA) is 74.3 Å². The second kappa shape index (κ2) is 11.6. The molecule has 2 N–H and O–H groups in total. The molecule has 0 bridgehead atoms. The van der Waals surface area contributed by atoms with E-state index in [0.717, 1.165) is 42.1 Å². The van der Waals surface area contributed by atoms with Gasteiger partial charge in [-0.25, -0.2) is 9.37 Å². The summed E-state index contributed by atoms with van der Waals surface area (Å²) in [5.41, 5.74) is 2.81. The van der Waals surface area contributed by atoms with Crippen molar-refractivity contribution in [1.29, 1.82) is 0 Å². The predicted molar refractivity (Wildman–Crippen MR) is 136 cm³/mol. The van der Waals surface area contributed by atoms with Crippen LogP contribution in [0.25, 0.3) is 0 Å². The maximum Gasteiger partial charge on any atom is 0.253 e. The van der Waals surface area contributed by atoms with E-state index in [1.807, 2.05) is 12.3 Å². The van der Waals surface area contributed by atoms with Crippen LogP contribution in [-0.2, 0) is 13.0 Å². The summed E-state index contributed by atoms with van der Waals surface area (Å²) in [6.07, 6.45) is 3.60. The Morgan fingerprint density at radius 1 is 1.23 bits per heavy atom. The van der Waals surface area contributed by atoms with Gasteiger partial charge in [-0.05, 0) is 75.0 Å². The number of rotatable bonds is 9. The van der Waals surface area contributed by atoms with Gasteiger partial charge in [-0.3, -0.25) is 9.59 Å². The molecular weight excluding hydrogens is 463 g/mol. The van der Waals surface area contributed by atoms with Gasteiger partial charge in [0, 0.05) is 41.3 Å². The van der Waals surface area contributed by atoms with Gasteiger partial charge in [-0.1, -0.05) is 18.2 Å². The first-order chi connectivity index (χ1) is 16.9. The first-order valence-electron chi connectivity index (χ1n) is 11.9. The molecule has 2 amide bonds. The van der Waals surface area contributed by atoms with Crippen molar-refractivity contribution in [2.45, 2.75) is 51.2 Å². The molecule has 3 aromatic rings. The third kappa shape index (κ3) is 6.96. The van der Waals surface area contributed by atoms with E-state index in [4.69, 9.17) is 0 Å². The van der Waals surface area contributed by atoms with Crippen LogP contribution < -0.4 is 10.6 Å². The molecule has 0 saturated carbocycles. The Morgan fingerprint density at radius 3 is 2.69 bits per heavy atom. The van der Waals surface area contributed by atoms with Gasteiger partial charge in [0.2, 0.25) is 0 Å². The molecule has 1 aromatic heterocycles. The minimum absolute atomic E-state index is 0.112. The number of hydrogen-bond donors (Lipinski definition) is 2. The summed E-state index contributed by atoms with van der Waals surface area (Å²) in [6, 6.07) is 13.5. The quantitative estimate of drug-likeness (QED) is 0.464. The zero-order chi connectivity index (χ0) is 24.8. The van der Waals surface area contributed by atoms with Gasteiger partial charge < -0.3 is 15.5 Å². The molecule has 2 atom stereocenters. The molecule has 0 radical (unpaired) electrons. The SMILES string of the molecule is Cc1csc(CN(C)C(=O)c2cccc(C(=O)N[C@@H](Cc3ccc(F)cc3)C[C@H]3CCCN3)c2)n1. The number of amides is 2. The smallest absolute Gasteiger partial charge is 0.253 e. The highest BCUT2D eigenvalue weighted by atomic mass is 32.1. The van der Waals surface area contributed by atoms with Gasteiger partial charge in [0.25, 0.3) is 11.8 Å². The van der Waals surface area contributed by atoms with Crippen molar-refractivity contribution in [2.75, 3.05) is 13.6 Å². The highest BCUT2D eigenvalue weighted by Gasteiger charge is 2.23. The van der Waals surface area contributed by atoms with Gasteiger partial charge >= 0.3 is 0 Å². The van der Waals surface area contributed by atoms with Gasteiger partial charge in [-0.15, -0.1) is 11.3 Å². The summed E-state index contributed by atoms with van der Waals surface area (Å²) in [4.78, 5) is 32.2. The highest BCUT2D eigenvalue weighted by Crippen LogP contribution is 2.17. The van der Waals surface area contributed by atoms with Crippen LogP contribution in [0.1, 0.15) is 56.2 Å². The Bertz CT molecular complexity index is 1160. The van der Waals surface area contributed by atoms with Crippen LogP contribution in [0.3, 0.4) is 0 Å². The summed E-state index contributed by atoms with van der Waals surface area (Å²) >= 11 is 1.52. The molecule has 0 spiro atoms. The normalized spacial score (nSPS) is 16.1. The number of aromatic nitrogens is 1. The number of aryl methyl sites for hydroxylation is 1. The minimum Gasteiger partial charge on any atom is -0.349 e. The Morgan fingerprint density at radius 2 is 2.00 bits per heavy atom. The largest absolute Gasteiger partial charge is 0.349 e. The van der Waals surface area contributed by atoms with Crippen molar-refractivity contribution in [2.24, 2.45) is 0 Å². The van der Waals surface area contributed by atoms with E-state index in [-0.39, 0.29) is 23.7 Å². The standard InChI is InChI=1S/C27H31FN4O2S/c1-18-17-35-25(30-18)16-32(2)27(34)21-6-3-5-20(14-21)26(33)31-24(15-23-7-4-12-29-23)13-19-8-10-22(28)11-9-19/h3,5-6,8-11,14,17,23-24,29H,4,7,12-13,15-16H2,1-2H3,(H,31,33)/t23-,24+/m1/s1. The molecule has 6 nitrogen and oxygen atoms in total. The molecule has 0 unspecified atom stereocenters. The van der Waals surface area contributed by atoms with E-state index in [1.165, 1.54) is 23.5 Å². The number of benzene rings is 2. The number of nitrogens with one attached hydrogen (secondary N) is 2. The van der Waals surface area contributed by atoms with Crippen molar-refractivity contribution < 1.29 is 14.0 Å². The number of halogens is 1.